The number of nitrogens with zero attached hydrogens (tertiary/aromatic N) is 2. The predicted molar refractivity (Wildman–Crippen MR) is 114 cm³/mol. The van der Waals surface area contributed by atoms with Crippen LogP contribution < -0.4 is 10.2 Å². The first-order valence-corrected chi connectivity index (χ1v) is 10.0. The van der Waals surface area contributed by atoms with Gasteiger partial charge in [-0.2, -0.15) is 5.10 Å². The van der Waals surface area contributed by atoms with Crippen LogP contribution in [0, 0.1) is 0 Å². The minimum atomic E-state index is -0.241. The summed E-state index contributed by atoms with van der Waals surface area (Å²) in [6.45, 7) is 8.95. The summed E-state index contributed by atoms with van der Waals surface area (Å²) in [4.78, 5) is 14.9. The number of hydrogen-bond donors (Lipinski definition) is 1. The van der Waals surface area contributed by atoms with Crippen molar-refractivity contribution in [3.8, 4) is 5.75 Å². The molecule has 0 bridgehead atoms. The van der Waals surface area contributed by atoms with Gasteiger partial charge in [0.05, 0.1) is 31.1 Å². The molecule has 0 saturated carbocycles. The third kappa shape index (κ3) is 5.89. The van der Waals surface area contributed by atoms with E-state index < -0.39 is 0 Å². The molecule has 2 aromatic rings. The fourth-order valence-corrected chi connectivity index (χ4v) is 3.41. The maximum atomic E-state index is 12.5. The van der Waals surface area contributed by atoms with E-state index in [0.29, 0.717) is 18.8 Å². The highest BCUT2D eigenvalue weighted by Gasteiger charge is 2.25. The average molecular weight is 396 g/mol. The highest BCUT2D eigenvalue weighted by molar-refractivity contribution is 5.96. The molecule has 0 aromatic heterocycles. The van der Waals surface area contributed by atoms with Gasteiger partial charge >= 0.3 is 0 Å². The van der Waals surface area contributed by atoms with Crippen LogP contribution >= 0.6 is 0 Å². The molecule has 6 nitrogen and oxygen atoms in total. The van der Waals surface area contributed by atoms with Crippen LogP contribution in [0.4, 0.5) is 0 Å². The molecule has 6 heteroatoms. The Bertz CT molecular complexity index is 813. The molecule has 1 N–H and O–H groups in total. The van der Waals surface area contributed by atoms with Crippen molar-refractivity contribution in [1.29, 1.82) is 0 Å². The first-order chi connectivity index (χ1) is 14.0. The molecule has 29 heavy (non-hydrogen) atoms. The van der Waals surface area contributed by atoms with Crippen molar-refractivity contribution in [1.82, 2.24) is 10.3 Å². The summed E-state index contributed by atoms with van der Waals surface area (Å²) in [5, 5.41) is 4.43. The minimum Gasteiger partial charge on any atom is -0.491 e. The summed E-state index contributed by atoms with van der Waals surface area (Å²) in [6, 6.07) is 17.3. The summed E-state index contributed by atoms with van der Waals surface area (Å²) in [7, 11) is 0. The first kappa shape index (κ1) is 21.0. The van der Waals surface area contributed by atoms with Crippen LogP contribution in [0.5, 0.6) is 5.75 Å². The lowest BCUT2D eigenvalue weighted by molar-refractivity contribution is 0.0285. The number of carbonyl (C=O) groups is 1. The lowest BCUT2D eigenvalue weighted by atomic mass is 10.0. The number of ether oxygens (including phenoxy) is 2. The van der Waals surface area contributed by atoms with Crippen molar-refractivity contribution in [3.63, 3.8) is 0 Å². The van der Waals surface area contributed by atoms with Gasteiger partial charge in [-0.25, -0.2) is 5.43 Å². The fraction of sp³-hybridized carbons (Fsp3) is 0.391. The number of morpholine rings is 1. The highest BCUT2D eigenvalue weighted by atomic mass is 16.5. The van der Waals surface area contributed by atoms with E-state index in [-0.39, 0.29) is 18.1 Å². The molecule has 1 aliphatic rings. The van der Waals surface area contributed by atoms with E-state index in [9.17, 15) is 4.79 Å². The van der Waals surface area contributed by atoms with Crippen molar-refractivity contribution in [3.05, 3.63) is 65.7 Å². The van der Waals surface area contributed by atoms with Crippen LogP contribution in [-0.4, -0.2) is 48.9 Å². The molecule has 1 atom stereocenters. The quantitative estimate of drug-likeness (QED) is 0.574. The van der Waals surface area contributed by atoms with Gasteiger partial charge in [-0.15, -0.1) is 0 Å². The van der Waals surface area contributed by atoms with E-state index in [1.807, 2.05) is 39.0 Å². The summed E-state index contributed by atoms with van der Waals surface area (Å²) < 4.78 is 11.1. The second-order valence-corrected chi connectivity index (χ2v) is 7.35. The van der Waals surface area contributed by atoms with Gasteiger partial charge in [0.15, 0.2) is 0 Å². The van der Waals surface area contributed by atoms with Gasteiger partial charge in [-0.3, -0.25) is 9.69 Å². The van der Waals surface area contributed by atoms with Crippen molar-refractivity contribution >= 4 is 11.6 Å². The third-order valence-electron chi connectivity index (χ3n) is 4.74. The Labute approximate surface area is 172 Å². The van der Waals surface area contributed by atoms with Crippen LogP contribution in [-0.2, 0) is 4.74 Å². The van der Waals surface area contributed by atoms with E-state index in [4.69, 9.17) is 9.47 Å². The summed E-state index contributed by atoms with van der Waals surface area (Å²) in [5.41, 5.74) is 5.23. The number of rotatable bonds is 7. The Morgan fingerprint density at radius 1 is 1.07 bits per heavy atom. The van der Waals surface area contributed by atoms with E-state index in [1.165, 1.54) is 0 Å². The molecule has 1 amide bonds. The second-order valence-electron chi connectivity index (χ2n) is 7.35. The number of hydrogen-bond acceptors (Lipinski definition) is 5. The van der Waals surface area contributed by atoms with E-state index in [1.54, 1.807) is 24.3 Å². The number of nitrogens with one attached hydrogen (secondary N) is 1. The number of carbonyl (C=O) groups excluding carboxylic acids is 1. The topological polar surface area (TPSA) is 63.2 Å². The average Bonchev–Trinajstić information content (AvgIpc) is 2.74. The number of benzene rings is 2. The van der Waals surface area contributed by atoms with Gasteiger partial charge in [0, 0.05) is 18.7 Å². The smallest absolute Gasteiger partial charge is 0.271 e. The standard InChI is InChI=1S/C23H29N3O3/c1-17(2)29-21-11-9-20(10-12-21)23(27)25-24-18(3)22(19-7-5-4-6-8-19)26-13-15-28-16-14-26/h4-12,17,22H,13-16H2,1-3H3,(H,25,27)/b24-18-/t22-/m0/s1. The lowest BCUT2D eigenvalue weighted by Gasteiger charge is -2.34. The van der Waals surface area contributed by atoms with Crippen LogP contribution in [0.1, 0.15) is 42.7 Å². The van der Waals surface area contributed by atoms with E-state index in [2.05, 4.69) is 27.6 Å². The molecule has 1 aliphatic heterocycles. The maximum Gasteiger partial charge on any atom is 0.271 e. The zero-order valence-electron chi connectivity index (χ0n) is 17.3. The Morgan fingerprint density at radius 3 is 2.34 bits per heavy atom. The Balaban J connectivity index is 1.72. The number of amides is 1. The molecule has 0 spiro atoms. The Morgan fingerprint density at radius 2 is 1.72 bits per heavy atom. The molecule has 1 saturated heterocycles. The summed E-state index contributed by atoms with van der Waals surface area (Å²) >= 11 is 0. The second kappa shape index (κ2) is 10.2. The molecule has 0 aliphatic carbocycles. The molecule has 0 radical (unpaired) electrons. The van der Waals surface area contributed by atoms with Crippen LogP contribution in [0.15, 0.2) is 59.7 Å². The van der Waals surface area contributed by atoms with Gasteiger partial charge < -0.3 is 9.47 Å². The van der Waals surface area contributed by atoms with Crippen molar-refractivity contribution in [2.24, 2.45) is 5.10 Å². The van der Waals surface area contributed by atoms with Gasteiger partial charge in [0.25, 0.3) is 5.91 Å². The van der Waals surface area contributed by atoms with Crippen LogP contribution in [0.3, 0.4) is 0 Å². The Hall–Kier alpha value is -2.70. The third-order valence-corrected chi connectivity index (χ3v) is 4.74. The van der Waals surface area contributed by atoms with Crippen molar-refractivity contribution in [2.75, 3.05) is 26.3 Å². The zero-order chi connectivity index (χ0) is 20.6. The summed E-state index contributed by atoms with van der Waals surface area (Å²) in [6.07, 6.45) is 0.0945. The molecule has 1 heterocycles. The van der Waals surface area contributed by atoms with Crippen LogP contribution in [0.25, 0.3) is 0 Å². The molecular formula is C23H29N3O3. The lowest BCUT2D eigenvalue weighted by Crippen LogP contribution is -2.42. The van der Waals surface area contributed by atoms with E-state index in [0.717, 1.165) is 30.1 Å². The number of hydrazone groups is 1. The first-order valence-electron chi connectivity index (χ1n) is 10.0. The molecule has 0 unspecified atom stereocenters. The zero-order valence-corrected chi connectivity index (χ0v) is 17.3. The van der Waals surface area contributed by atoms with Gasteiger partial charge in [-0.1, -0.05) is 30.3 Å². The molecule has 2 aromatic carbocycles. The monoisotopic (exact) mass is 395 g/mol. The predicted octanol–water partition coefficient (Wildman–Crippen LogP) is 3.65. The minimum absolute atomic E-state index is 0.00205. The maximum absolute atomic E-state index is 12.5. The van der Waals surface area contributed by atoms with Crippen molar-refractivity contribution < 1.29 is 14.3 Å². The molecule has 154 valence electrons. The Kier molecular flexibility index (Phi) is 7.38. The molecule has 3 rings (SSSR count). The fourth-order valence-electron chi connectivity index (χ4n) is 3.41. The summed E-state index contributed by atoms with van der Waals surface area (Å²) in [5.74, 6) is 0.502. The van der Waals surface area contributed by atoms with Crippen molar-refractivity contribution in [2.45, 2.75) is 32.9 Å². The SMILES string of the molecule is C/C(=N/NC(=O)c1ccc(OC(C)C)cc1)[C@@H](c1ccccc1)N1CCOCC1. The van der Waals surface area contributed by atoms with Gasteiger partial charge in [0.2, 0.25) is 0 Å². The van der Waals surface area contributed by atoms with Gasteiger partial charge in [0.1, 0.15) is 5.75 Å². The highest BCUT2D eigenvalue weighted by Crippen LogP contribution is 2.23. The molecule has 1 fully saturated rings. The van der Waals surface area contributed by atoms with E-state index >= 15 is 0 Å². The van der Waals surface area contributed by atoms with Gasteiger partial charge in [-0.05, 0) is 50.6 Å². The largest absolute Gasteiger partial charge is 0.491 e. The molecular weight excluding hydrogens is 366 g/mol. The normalized spacial score (nSPS) is 16.5. The van der Waals surface area contributed by atoms with Crippen LogP contribution in [0.2, 0.25) is 0 Å².